The number of ether oxygens (including phenoxy) is 2. The highest BCUT2D eigenvalue weighted by Crippen LogP contribution is 2.22. The number of amides is 1. The summed E-state index contributed by atoms with van der Waals surface area (Å²) in [6, 6.07) is -0.819. The van der Waals surface area contributed by atoms with Gasteiger partial charge in [-0.1, -0.05) is 134 Å². The van der Waals surface area contributed by atoms with Crippen LogP contribution in [0.1, 0.15) is 162 Å². The molecule has 1 amide bonds. The Kier molecular flexibility index (Phi) is 29.8. The minimum atomic E-state index is -1.57. The molecular formula is C41H75NO8. The maximum absolute atomic E-state index is 12.9. The van der Waals surface area contributed by atoms with Crippen LogP contribution in [0.2, 0.25) is 0 Å². The standard InChI is InChI=1S/C41H75NO8/c1-3-5-7-9-11-13-15-16-17-18-19-20-21-23-25-27-29-31-37(45)42-34(33-49-41-40(48)39(47)38(46)36(32-43)50-41)35(44)30-28-26-24-22-14-12-10-8-6-4-2/h14,16-17,22,28,30,34-36,38-41,43-44,46-48H,3-13,15,18-21,23-27,29,31-33H2,1-2H3,(H,42,45)/b17-16-,22-14+,30-28+. The van der Waals surface area contributed by atoms with Crippen LogP contribution in [0.5, 0.6) is 0 Å². The number of hydrogen-bond donors (Lipinski definition) is 6. The highest BCUT2D eigenvalue weighted by Gasteiger charge is 2.44. The summed E-state index contributed by atoms with van der Waals surface area (Å²) in [6.07, 6.45) is 30.5. The van der Waals surface area contributed by atoms with Crippen molar-refractivity contribution in [3.05, 3.63) is 36.5 Å². The number of allylic oxidation sites excluding steroid dienone is 5. The number of rotatable bonds is 32. The first-order valence-electron chi connectivity index (χ1n) is 20.2. The van der Waals surface area contributed by atoms with E-state index in [1.54, 1.807) is 6.08 Å². The zero-order chi connectivity index (χ0) is 36.7. The molecule has 1 saturated heterocycles. The Hall–Kier alpha value is -1.59. The second kappa shape index (κ2) is 32.1. The first-order chi connectivity index (χ1) is 24.3. The number of nitrogens with one attached hydrogen (secondary N) is 1. The molecule has 1 aliphatic rings. The zero-order valence-electron chi connectivity index (χ0n) is 31.6. The topological polar surface area (TPSA) is 149 Å². The van der Waals surface area contributed by atoms with E-state index in [9.17, 15) is 30.3 Å². The quantitative estimate of drug-likeness (QED) is 0.0314. The van der Waals surface area contributed by atoms with Gasteiger partial charge in [0.1, 0.15) is 24.4 Å². The van der Waals surface area contributed by atoms with Crippen LogP contribution in [0.25, 0.3) is 0 Å². The Morgan fingerprint density at radius 2 is 1.14 bits per heavy atom. The van der Waals surface area contributed by atoms with Gasteiger partial charge in [-0.05, 0) is 57.8 Å². The van der Waals surface area contributed by atoms with Crippen LogP contribution >= 0.6 is 0 Å². The molecular weight excluding hydrogens is 634 g/mol. The second-order valence-electron chi connectivity index (χ2n) is 14.1. The van der Waals surface area contributed by atoms with Crippen LogP contribution in [-0.4, -0.2) is 87.5 Å². The van der Waals surface area contributed by atoms with Crippen LogP contribution in [0.15, 0.2) is 36.5 Å². The Balaban J connectivity index is 2.41. The first-order valence-corrected chi connectivity index (χ1v) is 20.2. The lowest BCUT2D eigenvalue weighted by Gasteiger charge is -2.40. The molecule has 1 rings (SSSR count). The number of carbonyl (C=O) groups excluding carboxylic acids is 1. The van der Waals surface area contributed by atoms with Gasteiger partial charge in [0.05, 0.1) is 25.4 Å². The van der Waals surface area contributed by atoms with Crippen molar-refractivity contribution in [2.45, 2.75) is 204 Å². The van der Waals surface area contributed by atoms with Crippen molar-refractivity contribution in [2.24, 2.45) is 0 Å². The van der Waals surface area contributed by atoms with E-state index in [0.717, 1.165) is 51.4 Å². The third kappa shape index (κ3) is 23.1. The van der Waals surface area contributed by atoms with Gasteiger partial charge in [-0.2, -0.15) is 0 Å². The minimum Gasteiger partial charge on any atom is -0.394 e. The number of unbranched alkanes of at least 4 members (excludes halogenated alkanes) is 18. The van der Waals surface area contributed by atoms with Crippen molar-refractivity contribution in [1.82, 2.24) is 5.32 Å². The molecule has 0 aromatic rings. The average molecular weight is 710 g/mol. The number of carbonyl (C=O) groups is 1. The summed E-state index contributed by atoms with van der Waals surface area (Å²) in [5.74, 6) is -0.196. The molecule has 0 bridgehead atoms. The molecule has 1 aliphatic heterocycles. The highest BCUT2D eigenvalue weighted by atomic mass is 16.7. The van der Waals surface area contributed by atoms with Crippen molar-refractivity contribution < 1.29 is 39.8 Å². The van der Waals surface area contributed by atoms with Crippen molar-refractivity contribution in [3.8, 4) is 0 Å². The molecule has 0 saturated carbocycles. The molecule has 0 aromatic heterocycles. The van der Waals surface area contributed by atoms with Crippen molar-refractivity contribution in [1.29, 1.82) is 0 Å². The first kappa shape index (κ1) is 46.4. The smallest absolute Gasteiger partial charge is 0.220 e. The van der Waals surface area contributed by atoms with Gasteiger partial charge >= 0.3 is 0 Å². The molecule has 9 nitrogen and oxygen atoms in total. The molecule has 292 valence electrons. The molecule has 7 unspecified atom stereocenters. The third-order valence-corrected chi connectivity index (χ3v) is 9.44. The van der Waals surface area contributed by atoms with E-state index in [2.05, 4.69) is 43.5 Å². The van der Waals surface area contributed by atoms with Gasteiger partial charge in [-0.15, -0.1) is 0 Å². The number of hydrogen-bond acceptors (Lipinski definition) is 8. The maximum atomic E-state index is 12.9. The second-order valence-corrected chi connectivity index (χ2v) is 14.1. The normalized spacial score (nSPS) is 22.6. The largest absolute Gasteiger partial charge is 0.394 e. The summed E-state index contributed by atoms with van der Waals surface area (Å²) < 4.78 is 11.1. The molecule has 9 heteroatoms. The summed E-state index contributed by atoms with van der Waals surface area (Å²) in [4.78, 5) is 12.9. The van der Waals surface area contributed by atoms with E-state index in [-0.39, 0.29) is 12.5 Å². The lowest BCUT2D eigenvalue weighted by molar-refractivity contribution is -0.302. The highest BCUT2D eigenvalue weighted by molar-refractivity contribution is 5.76. The Morgan fingerprint density at radius 1 is 0.660 bits per heavy atom. The monoisotopic (exact) mass is 710 g/mol. The van der Waals surface area contributed by atoms with E-state index in [4.69, 9.17) is 9.47 Å². The molecule has 7 atom stereocenters. The molecule has 6 N–H and O–H groups in total. The van der Waals surface area contributed by atoms with Gasteiger partial charge in [0, 0.05) is 6.42 Å². The van der Waals surface area contributed by atoms with Gasteiger partial charge < -0.3 is 40.3 Å². The zero-order valence-corrected chi connectivity index (χ0v) is 31.6. The van der Waals surface area contributed by atoms with Crippen LogP contribution in [0.3, 0.4) is 0 Å². The molecule has 1 fully saturated rings. The molecule has 1 heterocycles. The summed E-state index contributed by atoms with van der Waals surface area (Å²) in [7, 11) is 0. The number of aliphatic hydroxyl groups excluding tert-OH is 5. The fraction of sp³-hybridized carbons (Fsp3) is 0.829. The fourth-order valence-electron chi connectivity index (χ4n) is 6.10. The predicted molar refractivity (Wildman–Crippen MR) is 203 cm³/mol. The van der Waals surface area contributed by atoms with Crippen molar-refractivity contribution in [3.63, 3.8) is 0 Å². The summed E-state index contributed by atoms with van der Waals surface area (Å²) in [6.45, 7) is 3.69. The van der Waals surface area contributed by atoms with Gasteiger partial charge in [-0.3, -0.25) is 4.79 Å². The average Bonchev–Trinajstić information content (AvgIpc) is 3.11. The van der Waals surface area contributed by atoms with Gasteiger partial charge in [0.2, 0.25) is 5.91 Å². The van der Waals surface area contributed by atoms with Crippen molar-refractivity contribution in [2.75, 3.05) is 13.2 Å². The van der Waals surface area contributed by atoms with E-state index in [1.165, 1.54) is 89.9 Å². The molecule has 0 aromatic carbocycles. The minimum absolute atomic E-state index is 0.196. The Morgan fingerprint density at radius 3 is 1.70 bits per heavy atom. The van der Waals surface area contributed by atoms with E-state index in [1.807, 2.05) is 6.08 Å². The summed E-state index contributed by atoms with van der Waals surface area (Å²) >= 11 is 0. The Labute approximate surface area is 304 Å². The Bertz CT molecular complexity index is 879. The van der Waals surface area contributed by atoms with Crippen LogP contribution in [0, 0.1) is 0 Å². The van der Waals surface area contributed by atoms with E-state index < -0.39 is 49.5 Å². The molecule has 50 heavy (non-hydrogen) atoms. The van der Waals surface area contributed by atoms with Crippen LogP contribution in [0.4, 0.5) is 0 Å². The predicted octanol–water partition coefficient (Wildman–Crippen LogP) is 7.33. The molecule has 0 aliphatic carbocycles. The SMILES string of the molecule is CCCCCC/C=C/CC/C=C/C(O)C(COC1OC(CO)C(O)C(O)C1O)NC(=O)CCCCCCCCC/C=C\CCCCCCCC. The fourth-order valence-corrected chi connectivity index (χ4v) is 6.10. The molecule has 0 radical (unpaired) electrons. The van der Waals surface area contributed by atoms with Gasteiger partial charge in [0.15, 0.2) is 6.29 Å². The van der Waals surface area contributed by atoms with Gasteiger partial charge in [0.25, 0.3) is 0 Å². The molecule has 0 spiro atoms. The third-order valence-electron chi connectivity index (χ3n) is 9.44. The lowest BCUT2D eigenvalue weighted by atomic mass is 9.99. The summed E-state index contributed by atoms with van der Waals surface area (Å²) in [5, 5.41) is 53.8. The van der Waals surface area contributed by atoms with Crippen molar-refractivity contribution >= 4 is 5.91 Å². The summed E-state index contributed by atoms with van der Waals surface area (Å²) in [5.41, 5.74) is 0. The number of aliphatic hydroxyl groups is 5. The maximum Gasteiger partial charge on any atom is 0.220 e. The van der Waals surface area contributed by atoms with E-state index in [0.29, 0.717) is 6.42 Å². The van der Waals surface area contributed by atoms with Gasteiger partial charge in [-0.25, -0.2) is 0 Å². The van der Waals surface area contributed by atoms with E-state index >= 15 is 0 Å². The lowest BCUT2D eigenvalue weighted by Crippen LogP contribution is -2.60. The van der Waals surface area contributed by atoms with Crippen LogP contribution in [-0.2, 0) is 14.3 Å². The van der Waals surface area contributed by atoms with Crippen LogP contribution < -0.4 is 5.32 Å².